The Morgan fingerprint density at radius 2 is 2.00 bits per heavy atom. The van der Waals surface area contributed by atoms with Gasteiger partial charge in [0.05, 0.1) is 30.7 Å². The maximum Gasteiger partial charge on any atom is 0.218 e. The smallest absolute Gasteiger partial charge is 0.218 e. The van der Waals surface area contributed by atoms with E-state index in [-0.39, 0.29) is 41.6 Å². The van der Waals surface area contributed by atoms with Crippen LogP contribution in [0.3, 0.4) is 0 Å². The summed E-state index contributed by atoms with van der Waals surface area (Å²) in [6, 6.07) is 7.64. The first-order chi connectivity index (χ1) is 12.4. The van der Waals surface area contributed by atoms with Gasteiger partial charge in [0.1, 0.15) is 0 Å². The van der Waals surface area contributed by atoms with Gasteiger partial charge >= 0.3 is 0 Å². The summed E-state index contributed by atoms with van der Waals surface area (Å²) in [5, 5.41) is 0. The number of fused-ring (bicyclic) bond motifs is 8. The third-order valence-electron chi connectivity index (χ3n) is 6.21. The zero-order valence-electron chi connectivity index (χ0n) is 15.2. The Labute approximate surface area is 153 Å². The molecule has 1 aromatic carbocycles. The molecule has 0 N–H and O–H groups in total. The lowest BCUT2D eigenvalue weighted by Gasteiger charge is -2.36. The molecule has 0 aromatic heterocycles. The van der Waals surface area contributed by atoms with Gasteiger partial charge in [-0.25, -0.2) is 0 Å². The molecule has 4 aliphatic rings. The summed E-state index contributed by atoms with van der Waals surface area (Å²) in [6.45, 7) is 6.22. The van der Waals surface area contributed by atoms with E-state index < -0.39 is 11.7 Å². The lowest BCUT2D eigenvalue weighted by molar-refractivity contribution is -0.165. The molecule has 0 spiro atoms. The Hall–Kier alpha value is -1.98. The number of carbonyl (C=O) groups is 2. The van der Waals surface area contributed by atoms with Crippen LogP contribution in [0, 0.1) is 17.3 Å². The predicted octanol–water partition coefficient (Wildman–Crippen LogP) is 2.57. The number of carbonyl (C=O) groups excluding carboxylic acids is 2. The van der Waals surface area contributed by atoms with Crippen molar-refractivity contribution in [1.82, 2.24) is 4.90 Å². The molecule has 136 valence electrons. The van der Waals surface area contributed by atoms with Gasteiger partial charge in [-0.3, -0.25) is 9.59 Å². The summed E-state index contributed by atoms with van der Waals surface area (Å²) in [4.78, 5) is 28.6. The van der Waals surface area contributed by atoms with Gasteiger partial charge in [-0.1, -0.05) is 45.0 Å². The molecule has 2 bridgehead atoms. The summed E-state index contributed by atoms with van der Waals surface area (Å²) in [7, 11) is 0. The molecule has 0 aliphatic carbocycles. The van der Waals surface area contributed by atoms with Crippen molar-refractivity contribution in [3.8, 4) is 0 Å². The van der Waals surface area contributed by atoms with Crippen molar-refractivity contribution in [3.63, 3.8) is 0 Å². The van der Waals surface area contributed by atoms with Crippen molar-refractivity contribution in [2.24, 2.45) is 17.3 Å². The SMILES string of the molecule is CC(C)(C)C(=O)[C@H]1[C@@H]2C3COC(O3)C(=O)[C@@H]2[C@@H]2c3ccccc3C=CN12. The summed E-state index contributed by atoms with van der Waals surface area (Å²) in [5.41, 5.74) is 1.74. The van der Waals surface area contributed by atoms with Gasteiger partial charge in [0.2, 0.25) is 6.29 Å². The van der Waals surface area contributed by atoms with E-state index in [4.69, 9.17) is 9.47 Å². The lowest BCUT2D eigenvalue weighted by Crippen LogP contribution is -2.50. The summed E-state index contributed by atoms with van der Waals surface area (Å²) in [6.07, 6.45) is 3.07. The second kappa shape index (κ2) is 5.27. The van der Waals surface area contributed by atoms with Crippen LogP contribution in [0.2, 0.25) is 0 Å². The minimum atomic E-state index is -0.773. The molecule has 0 amide bonds. The molecule has 2 unspecified atom stereocenters. The summed E-state index contributed by atoms with van der Waals surface area (Å²) < 4.78 is 11.4. The van der Waals surface area contributed by atoms with Gasteiger partial charge in [-0.05, 0) is 17.2 Å². The molecular weight excluding hydrogens is 330 g/mol. The normalized spacial score (nSPS) is 37.3. The van der Waals surface area contributed by atoms with Crippen LogP contribution in [0.25, 0.3) is 6.08 Å². The Kier molecular flexibility index (Phi) is 3.29. The van der Waals surface area contributed by atoms with E-state index in [2.05, 4.69) is 17.0 Å². The minimum absolute atomic E-state index is 0.0203. The fourth-order valence-corrected chi connectivity index (χ4v) is 5.06. The number of benzene rings is 1. The van der Waals surface area contributed by atoms with Gasteiger partial charge in [-0.2, -0.15) is 0 Å². The van der Waals surface area contributed by atoms with Crippen molar-refractivity contribution < 1.29 is 19.1 Å². The highest BCUT2D eigenvalue weighted by Gasteiger charge is 2.64. The van der Waals surface area contributed by atoms with Crippen molar-refractivity contribution in [2.75, 3.05) is 6.61 Å². The fraction of sp³-hybridized carbons (Fsp3) is 0.524. The standard InChI is InChI=1S/C21H23NO4/c1-21(2,3)19(24)17-14-13-10-25-20(26-13)18(23)15(14)16-12-7-5-4-6-11(12)8-9-22(16)17/h4-9,13-17,20H,10H2,1-3H3/t13?,14-,15+,16+,17-,20?/m1/s1. The number of hydrogen-bond donors (Lipinski definition) is 0. The third-order valence-corrected chi connectivity index (χ3v) is 6.21. The second-order valence-electron chi connectivity index (χ2n) is 8.74. The van der Waals surface area contributed by atoms with Gasteiger partial charge in [-0.15, -0.1) is 0 Å². The summed E-state index contributed by atoms with van der Waals surface area (Å²) in [5.74, 6) is -0.314. The van der Waals surface area contributed by atoms with E-state index >= 15 is 0 Å². The van der Waals surface area contributed by atoms with Crippen LogP contribution in [-0.4, -0.2) is 41.5 Å². The monoisotopic (exact) mass is 353 g/mol. The molecule has 1 aromatic rings. The first-order valence-electron chi connectivity index (χ1n) is 9.27. The maximum atomic E-state index is 13.4. The van der Waals surface area contributed by atoms with Crippen LogP contribution in [-0.2, 0) is 19.1 Å². The average molecular weight is 353 g/mol. The van der Waals surface area contributed by atoms with Gasteiger partial charge < -0.3 is 14.4 Å². The van der Waals surface area contributed by atoms with E-state index in [0.29, 0.717) is 6.61 Å². The Balaban J connectivity index is 1.68. The van der Waals surface area contributed by atoms with Crippen molar-refractivity contribution in [1.29, 1.82) is 0 Å². The Morgan fingerprint density at radius 1 is 1.23 bits per heavy atom. The van der Waals surface area contributed by atoms with Crippen molar-refractivity contribution in [3.05, 3.63) is 41.6 Å². The van der Waals surface area contributed by atoms with Crippen LogP contribution in [0.1, 0.15) is 37.9 Å². The van der Waals surface area contributed by atoms with E-state index in [0.717, 1.165) is 11.1 Å². The molecule has 0 saturated carbocycles. The first-order valence-corrected chi connectivity index (χ1v) is 9.27. The Bertz CT molecular complexity index is 824. The molecule has 0 radical (unpaired) electrons. The molecule has 3 saturated heterocycles. The highest BCUT2D eigenvalue weighted by molar-refractivity contribution is 5.94. The van der Waals surface area contributed by atoms with Crippen LogP contribution in [0.5, 0.6) is 0 Å². The van der Waals surface area contributed by atoms with Crippen LogP contribution in [0.4, 0.5) is 0 Å². The van der Waals surface area contributed by atoms with E-state index in [1.807, 2.05) is 45.2 Å². The van der Waals surface area contributed by atoms with Crippen molar-refractivity contribution >= 4 is 17.6 Å². The van der Waals surface area contributed by atoms with Crippen molar-refractivity contribution in [2.45, 2.75) is 45.2 Å². The largest absolute Gasteiger partial charge is 0.359 e. The first kappa shape index (κ1) is 16.2. The molecule has 4 heterocycles. The molecule has 26 heavy (non-hydrogen) atoms. The van der Waals surface area contributed by atoms with Gasteiger partial charge in [0.15, 0.2) is 11.6 Å². The number of Topliss-reactive ketones (excluding diaryl/α,β-unsaturated/α-hetero) is 2. The van der Waals surface area contributed by atoms with E-state index in [1.165, 1.54) is 0 Å². The van der Waals surface area contributed by atoms with E-state index in [9.17, 15) is 9.59 Å². The number of nitrogens with zero attached hydrogens (tertiary/aromatic N) is 1. The highest BCUT2D eigenvalue weighted by Crippen LogP contribution is 2.55. The average Bonchev–Trinajstić information content (AvgIpc) is 3.19. The number of hydrogen-bond acceptors (Lipinski definition) is 5. The Morgan fingerprint density at radius 3 is 2.77 bits per heavy atom. The van der Waals surface area contributed by atoms with Gasteiger partial charge in [0, 0.05) is 17.5 Å². The number of ether oxygens (including phenoxy) is 2. The lowest BCUT2D eigenvalue weighted by atomic mass is 9.73. The predicted molar refractivity (Wildman–Crippen MR) is 94.9 cm³/mol. The molecule has 5 nitrogen and oxygen atoms in total. The highest BCUT2D eigenvalue weighted by atomic mass is 16.7. The quantitative estimate of drug-likeness (QED) is 0.777. The van der Waals surface area contributed by atoms with Crippen LogP contribution in [0.15, 0.2) is 30.5 Å². The fourth-order valence-electron chi connectivity index (χ4n) is 5.06. The molecular formula is C21H23NO4. The molecule has 4 aliphatic heterocycles. The van der Waals surface area contributed by atoms with E-state index in [1.54, 1.807) is 0 Å². The summed E-state index contributed by atoms with van der Waals surface area (Å²) >= 11 is 0. The van der Waals surface area contributed by atoms with Crippen LogP contribution >= 0.6 is 0 Å². The molecule has 6 atom stereocenters. The number of rotatable bonds is 1. The molecule has 5 heteroatoms. The van der Waals surface area contributed by atoms with Gasteiger partial charge in [0.25, 0.3) is 0 Å². The number of ketones is 2. The second-order valence-corrected chi connectivity index (χ2v) is 8.74. The zero-order valence-corrected chi connectivity index (χ0v) is 15.2. The molecule has 5 rings (SSSR count). The maximum absolute atomic E-state index is 13.4. The zero-order chi connectivity index (χ0) is 18.2. The van der Waals surface area contributed by atoms with Crippen LogP contribution < -0.4 is 0 Å². The molecule has 3 fully saturated rings. The third kappa shape index (κ3) is 2.04. The topological polar surface area (TPSA) is 55.8 Å². The minimum Gasteiger partial charge on any atom is -0.359 e.